The average Bonchev–Trinajstić information content (AvgIpc) is 2.63. The Kier molecular flexibility index (Phi) is 4.57. The van der Waals surface area contributed by atoms with E-state index in [1.54, 1.807) is 18.3 Å². The molecule has 0 aliphatic rings. The normalized spacial score (nSPS) is 10.4. The molecule has 0 aliphatic carbocycles. The third-order valence-electron chi connectivity index (χ3n) is 3.82. The smallest absolute Gasteiger partial charge is 0.337 e. The molecule has 120 valence electrons. The summed E-state index contributed by atoms with van der Waals surface area (Å²) >= 11 is 0. The standard InChI is InChI=1S/C20H18N2O2/c1-24-20(23)16-6-4-5-15(13-16)18-12-14(8-9-19(18)21)11-17-7-2-3-10-22-17/h2-10,12-13H,11,21H2,1H3. The summed E-state index contributed by atoms with van der Waals surface area (Å²) in [6, 6.07) is 19.1. The number of methoxy groups -OCH3 is 1. The van der Waals surface area contributed by atoms with Gasteiger partial charge in [0.05, 0.1) is 12.7 Å². The highest BCUT2D eigenvalue weighted by molar-refractivity contribution is 5.91. The van der Waals surface area contributed by atoms with Crippen molar-refractivity contribution >= 4 is 11.7 Å². The van der Waals surface area contributed by atoms with Crippen molar-refractivity contribution in [3.63, 3.8) is 0 Å². The lowest BCUT2D eigenvalue weighted by atomic mass is 9.97. The number of aromatic nitrogens is 1. The first-order valence-electron chi connectivity index (χ1n) is 7.64. The van der Waals surface area contributed by atoms with Crippen LogP contribution in [0.25, 0.3) is 11.1 Å². The highest BCUT2D eigenvalue weighted by atomic mass is 16.5. The van der Waals surface area contributed by atoms with E-state index >= 15 is 0 Å². The van der Waals surface area contributed by atoms with E-state index in [0.29, 0.717) is 11.3 Å². The lowest BCUT2D eigenvalue weighted by Gasteiger charge is -2.10. The molecule has 2 N–H and O–H groups in total. The van der Waals surface area contributed by atoms with Crippen molar-refractivity contribution < 1.29 is 9.53 Å². The van der Waals surface area contributed by atoms with Gasteiger partial charge in [0.2, 0.25) is 0 Å². The average molecular weight is 318 g/mol. The summed E-state index contributed by atoms with van der Waals surface area (Å²) in [4.78, 5) is 16.1. The van der Waals surface area contributed by atoms with Crippen molar-refractivity contribution in [3.8, 4) is 11.1 Å². The molecule has 0 unspecified atom stereocenters. The molecule has 4 heteroatoms. The molecule has 24 heavy (non-hydrogen) atoms. The SMILES string of the molecule is COC(=O)c1cccc(-c2cc(Cc3ccccn3)ccc2N)c1. The fraction of sp³-hybridized carbons (Fsp3) is 0.100. The number of anilines is 1. The van der Waals surface area contributed by atoms with Crippen molar-refractivity contribution in [3.05, 3.63) is 83.7 Å². The van der Waals surface area contributed by atoms with Gasteiger partial charge in [0.25, 0.3) is 0 Å². The molecule has 0 spiro atoms. The van der Waals surface area contributed by atoms with E-state index in [-0.39, 0.29) is 5.97 Å². The summed E-state index contributed by atoms with van der Waals surface area (Å²) in [5, 5.41) is 0. The van der Waals surface area contributed by atoms with Gasteiger partial charge in [-0.2, -0.15) is 0 Å². The highest BCUT2D eigenvalue weighted by Crippen LogP contribution is 2.28. The van der Waals surface area contributed by atoms with E-state index in [2.05, 4.69) is 4.98 Å². The Labute approximate surface area is 140 Å². The van der Waals surface area contributed by atoms with E-state index in [4.69, 9.17) is 10.5 Å². The van der Waals surface area contributed by atoms with Crippen LogP contribution in [0.2, 0.25) is 0 Å². The summed E-state index contributed by atoms with van der Waals surface area (Å²) in [5.74, 6) is -0.361. The maximum Gasteiger partial charge on any atom is 0.337 e. The van der Waals surface area contributed by atoms with Crippen LogP contribution in [0.3, 0.4) is 0 Å². The summed E-state index contributed by atoms with van der Waals surface area (Å²) in [7, 11) is 1.37. The summed E-state index contributed by atoms with van der Waals surface area (Å²) in [5.41, 5.74) is 11.2. The van der Waals surface area contributed by atoms with Gasteiger partial charge in [-0.1, -0.05) is 24.3 Å². The predicted molar refractivity (Wildman–Crippen MR) is 94.7 cm³/mol. The molecule has 1 heterocycles. The Hall–Kier alpha value is -3.14. The number of ether oxygens (including phenoxy) is 1. The number of carbonyl (C=O) groups is 1. The van der Waals surface area contributed by atoms with Gasteiger partial charge in [-0.15, -0.1) is 0 Å². The number of nitrogen functional groups attached to an aromatic ring is 1. The molecular weight excluding hydrogens is 300 g/mol. The molecule has 1 aromatic heterocycles. The van der Waals surface area contributed by atoms with Gasteiger partial charge in [0.1, 0.15) is 0 Å². The Balaban J connectivity index is 1.96. The molecule has 2 aromatic carbocycles. The van der Waals surface area contributed by atoms with Crippen molar-refractivity contribution in [1.82, 2.24) is 4.98 Å². The van der Waals surface area contributed by atoms with Gasteiger partial charge in [-0.3, -0.25) is 4.98 Å². The van der Waals surface area contributed by atoms with Crippen LogP contribution in [-0.4, -0.2) is 18.1 Å². The number of nitrogens with zero attached hydrogens (tertiary/aromatic N) is 1. The van der Waals surface area contributed by atoms with Gasteiger partial charge < -0.3 is 10.5 Å². The van der Waals surface area contributed by atoms with Crippen LogP contribution in [0, 0.1) is 0 Å². The molecule has 3 aromatic rings. The topological polar surface area (TPSA) is 65.2 Å². The van der Waals surface area contributed by atoms with Crippen LogP contribution < -0.4 is 5.73 Å². The van der Waals surface area contributed by atoms with Crippen molar-refractivity contribution in [1.29, 1.82) is 0 Å². The zero-order valence-corrected chi connectivity index (χ0v) is 13.4. The highest BCUT2D eigenvalue weighted by Gasteiger charge is 2.10. The number of benzene rings is 2. The van der Waals surface area contributed by atoms with Crippen LogP contribution in [0.5, 0.6) is 0 Å². The van der Waals surface area contributed by atoms with Crippen LogP contribution in [0.4, 0.5) is 5.69 Å². The second-order valence-corrected chi connectivity index (χ2v) is 5.49. The van der Waals surface area contributed by atoms with E-state index in [0.717, 1.165) is 28.8 Å². The van der Waals surface area contributed by atoms with E-state index < -0.39 is 0 Å². The number of rotatable bonds is 4. The first-order valence-corrected chi connectivity index (χ1v) is 7.64. The largest absolute Gasteiger partial charge is 0.465 e. The second-order valence-electron chi connectivity index (χ2n) is 5.49. The van der Waals surface area contributed by atoms with Gasteiger partial charge >= 0.3 is 5.97 Å². The first-order chi connectivity index (χ1) is 11.7. The Morgan fingerprint density at radius 2 is 1.96 bits per heavy atom. The van der Waals surface area contributed by atoms with Crippen LogP contribution in [-0.2, 0) is 11.2 Å². The fourth-order valence-electron chi connectivity index (χ4n) is 2.61. The van der Waals surface area contributed by atoms with Crippen LogP contribution >= 0.6 is 0 Å². The molecule has 3 rings (SSSR count). The molecule has 0 atom stereocenters. The fourth-order valence-corrected chi connectivity index (χ4v) is 2.61. The van der Waals surface area contributed by atoms with Crippen molar-refractivity contribution in [2.75, 3.05) is 12.8 Å². The lowest BCUT2D eigenvalue weighted by molar-refractivity contribution is 0.0601. The summed E-state index contributed by atoms with van der Waals surface area (Å²) in [6.07, 6.45) is 2.51. The number of esters is 1. The number of hydrogen-bond donors (Lipinski definition) is 1. The molecule has 0 amide bonds. The summed E-state index contributed by atoms with van der Waals surface area (Å²) < 4.78 is 4.78. The molecule has 0 saturated heterocycles. The molecule has 4 nitrogen and oxygen atoms in total. The van der Waals surface area contributed by atoms with Gasteiger partial charge in [-0.05, 0) is 47.5 Å². The van der Waals surface area contributed by atoms with E-state index in [1.165, 1.54) is 7.11 Å². The number of nitrogens with two attached hydrogens (primary N) is 1. The Bertz CT molecular complexity index is 861. The quantitative estimate of drug-likeness (QED) is 0.588. The molecule has 0 fully saturated rings. The Morgan fingerprint density at radius 3 is 2.71 bits per heavy atom. The molecular formula is C20H18N2O2. The first kappa shape index (κ1) is 15.7. The second kappa shape index (κ2) is 6.96. The Morgan fingerprint density at radius 1 is 1.08 bits per heavy atom. The molecule has 0 aliphatic heterocycles. The number of hydrogen-bond acceptors (Lipinski definition) is 4. The van der Waals surface area contributed by atoms with Crippen LogP contribution in [0.1, 0.15) is 21.6 Å². The van der Waals surface area contributed by atoms with Crippen molar-refractivity contribution in [2.24, 2.45) is 0 Å². The molecule has 0 bridgehead atoms. The lowest BCUT2D eigenvalue weighted by Crippen LogP contribution is -2.01. The zero-order chi connectivity index (χ0) is 16.9. The van der Waals surface area contributed by atoms with Gasteiger partial charge in [0, 0.05) is 29.6 Å². The monoisotopic (exact) mass is 318 g/mol. The number of carbonyl (C=O) groups excluding carboxylic acids is 1. The predicted octanol–water partition coefficient (Wildman–Crippen LogP) is 3.71. The third-order valence-corrected chi connectivity index (χ3v) is 3.82. The maximum absolute atomic E-state index is 11.7. The van der Waals surface area contributed by atoms with E-state index in [9.17, 15) is 4.79 Å². The minimum atomic E-state index is -0.361. The maximum atomic E-state index is 11.7. The summed E-state index contributed by atoms with van der Waals surface area (Å²) in [6.45, 7) is 0. The number of pyridine rings is 1. The van der Waals surface area contributed by atoms with Gasteiger partial charge in [-0.25, -0.2) is 4.79 Å². The van der Waals surface area contributed by atoms with Gasteiger partial charge in [0.15, 0.2) is 0 Å². The van der Waals surface area contributed by atoms with Crippen LogP contribution in [0.15, 0.2) is 66.9 Å². The third kappa shape index (κ3) is 3.43. The zero-order valence-electron chi connectivity index (χ0n) is 13.4. The molecule has 0 saturated carbocycles. The minimum absolute atomic E-state index is 0.361. The minimum Gasteiger partial charge on any atom is -0.465 e. The van der Waals surface area contributed by atoms with E-state index in [1.807, 2.05) is 48.5 Å². The molecule has 0 radical (unpaired) electrons. The van der Waals surface area contributed by atoms with Crippen molar-refractivity contribution in [2.45, 2.75) is 6.42 Å².